The van der Waals surface area contributed by atoms with Crippen LogP contribution in [-0.4, -0.2) is 43.1 Å². The van der Waals surface area contributed by atoms with Crippen LogP contribution in [-0.2, 0) is 21.2 Å². The van der Waals surface area contributed by atoms with E-state index in [0.29, 0.717) is 12.2 Å². The van der Waals surface area contributed by atoms with Crippen molar-refractivity contribution in [3.05, 3.63) is 48.5 Å². The molecule has 0 fully saturated rings. The van der Waals surface area contributed by atoms with Crippen LogP contribution in [0.2, 0.25) is 0 Å². The highest BCUT2D eigenvalue weighted by Crippen LogP contribution is 2.20. The van der Waals surface area contributed by atoms with Gasteiger partial charge in [-0.2, -0.15) is 0 Å². The Morgan fingerprint density at radius 1 is 1.33 bits per heavy atom. The summed E-state index contributed by atoms with van der Waals surface area (Å²) in [6.45, 7) is 2.03. The lowest BCUT2D eigenvalue weighted by molar-refractivity contribution is -0.121. The highest BCUT2D eigenvalue weighted by Gasteiger charge is 2.28. The van der Waals surface area contributed by atoms with Crippen LogP contribution in [0.15, 0.2) is 42.7 Å². The van der Waals surface area contributed by atoms with Crippen molar-refractivity contribution in [3.8, 4) is 0 Å². The maximum atomic E-state index is 12.3. The molecule has 0 saturated heterocycles. The molecule has 1 amide bonds. The molecule has 2 rings (SSSR count). The van der Waals surface area contributed by atoms with Gasteiger partial charge in [0.25, 0.3) is 0 Å². The normalized spacial score (nSPS) is 12.6. The van der Waals surface area contributed by atoms with Crippen molar-refractivity contribution >= 4 is 21.6 Å². The molecule has 8 heteroatoms. The van der Waals surface area contributed by atoms with Crippen molar-refractivity contribution in [2.24, 2.45) is 0 Å². The number of aromatic nitrogens is 2. The summed E-state index contributed by atoms with van der Waals surface area (Å²) in [5.41, 5.74) is 0.471. The number of sulfonamides is 1. The molecule has 1 aromatic carbocycles. The van der Waals surface area contributed by atoms with Crippen LogP contribution in [0.4, 0.5) is 5.69 Å². The Bertz CT molecular complexity index is 745. The molecule has 0 aliphatic heterocycles. The molecule has 0 bridgehead atoms. The van der Waals surface area contributed by atoms with E-state index in [0.717, 1.165) is 29.2 Å². The zero-order valence-corrected chi connectivity index (χ0v) is 14.6. The molecule has 130 valence electrons. The standard InChI is InChI=1S/C16H22N4O3S/c1-13(16(21)19-10-6-9-15-17-11-12-18-15)20(24(2,22)23)14-7-4-3-5-8-14/h3-5,7-8,11-13H,6,9-10H2,1-2H3,(H,17,18)(H,19,21). The van der Waals surface area contributed by atoms with E-state index in [2.05, 4.69) is 15.3 Å². The van der Waals surface area contributed by atoms with E-state index in [1.54, 1.807) is 49.6 Å². The fourth-order valence-electron chi connectivity index (χ4n) is 2.43. The second-order valence-electron chi connectivity index (χ2n) is 5.50. The predicted molar refractivity (Wildman–Crippen MR) is 93.1 cm³/mol. The first-order valence-electron chi connectivity index (χ1n) is 7.70. The van der Waals surface area contributed by atoms with E-state index < -0.39 is 16.1 Å². The summed E-state index contributed by atoms with van der Waals surface area (Å²) in [4.78, 5) is 19.4. The van der Waals surface area contributed by atoms with Crippen molar-refractivity contribution in [1.82, 2.24) is 15.3 Å². The molecule has 1 heterocycles. The van der Waals surface area contributed by atoms with Gasteiger partial charge in [0.1, 0.15) is 11.9 Å². The number of H-pyrrole nitrogens is 1. The number of amides is 1. The fourth-order valence-corrected chi connectivity index (χ4v) is 3.61. The molecule has 0 radical (unpaired) electrons. The summed E-state index contributed by atoms with van der Waals surface area (Å²) in [5, 5.41) is 2.78. The Balaban J connectivity index is 1.96. The molecular formula is C16H22N4O3S. The lowest BCUT2D eigenvalue weighted by Crippen LogP contribution is -2.48. The summed E-state index contributed by atoms with van der Waals surface area (Å²) in [7, 11) is -3.57. The smallest absolute Gasteiger partial charge is 0.243 e. The topological polar surface area (TPSA) is 95.2 Å². The van der Waals surface area contributed by atoms with Gasteiger partial charge in [0.2, 0.25) is 15.9 Å². The molecule has 1 aromatic heterocycles. The molecule has 1 atom stereocenters. The Labute approximate surface area is 142 Å². The number of para-hydroxylation sites is 1. The van der Waals surface area contributed by atoms with Gasteiger partial charge >= 0.3 is 0 Å². The van der Waals surface area contributed by atoms with Crippen molar-refractivity contribution < 1.29 is 13.2 Å². The van der Waals surface area contributed by atoms with E-state index in [1.807, 2.05) is 0 Å². The maximum Gasteiger partial charge on any atom is 0.243 e. The molecule has 2 N–H and O–H groups in total. The van der Waals surface area contributed by atoms with Crippen molar-refractivity contribution in [3.63, 3.8) is 0 Å². The third-order valence-electron chi connectivity index (χ3n) is 3.54. The highest BCUT2D eigenvalue weighted by atomic mass is 32.2. The second kappa shape index (κ2) is 7.96. The van der Waals surface area contributed by atoms with Gasteiger partial charge in [0.15, 0.2) is 0 Å². The van der Waals surface area contributed by atoms with Gasteiger partial charge in [-0.3, -0.25) is 9.10 Å². The van der Waals surface area contributed by atoms with E-state index >= 15 is 0 Å². The number of carbonyl (C=O) groups is 1. The molecule has 24 heavy (non-hydrogen) atoms. The minimum atomic E-state index is -3.57. The Kier molecular flexibility index (Phi) is 5.97. The Hall–Kier alpha value is -2.35. The predicted octanol–water partition coefficient (Wildman–Crippen LogP) is 1.31. The highest BCUT2D eigenvalue weighted by molar-refractivity contribution is 7.92. The lowest BCUT2D eigenvalue weighted by Gasteiger charge is -2.28. The third-order valence-corrected chi connectivity index (χ3v) is 4.79. The number of nitrogens with one attached hydrogen (secondary N) is 2. The van der Waals surface area contributed by atoms with Crippen LogP contribution in [0, 0.1) is 0 Å². The number of carbonyl (C=O) groups excluding carboxylic acids is 1. The van der Waals surface area contributed by atoms with E-state index in [9.17, 15) is 13.2 Å². The summed E-state index contributed by atoms with van der Waals surface area (Å²) >= 11 is 0. The largest absolute Gasteiger partial charge is 0.354 e. The van der Waals surface area contributed by atoms with Crippen LogP contribution >= 0.6 is 0 Å². The first-order chi connectivity index (χ1) is 11.4. The van der Waals surface area contributed by atoms with Crippen molar-refractivity contribution in [1.29, 1.82) is 0 Å². The molecule has 0 aliphatic carbocycles. The summed E-state index contributed by atoms with van der Waals surface area (Å²) in [6.07, 6.45) is 5.96. The van der Waals surface area contributed by atoms with Crippen LogP contribution in [0.5, 0.6) is 0 Å². The average Bonchev–Trinajstić information content (AvgIpc) is 3.04. The molecule has 0 aliphatic rings. The Morgan fingerprint density at radius 2 is 2.04 bits per heavy atom. The van der Waals surface area contributed by atoms with E-state index in [4.69, 9.17) is 0 Å². The SMILES string of the molecule is CC(C(=O)NCCCc1ncc[nH]1)N(c1ccccc1)S(C)(=O)=O. The summed E-state index contributed by atoms with van der Waals surface area (Å²) in [5.74, 6) is 0.531. The maximum absolute atomic E-state index is 12.3. The first-order valence-corrected chi connectivity index (χ1v) is 9.55. The molecule has 1 unspecified atom stereocenters. The molecule has 0 spiro atoms. The van der Waals surface area contributed by atoms with Crippen LogP contribution in [0.25, 0.3) is 0 Å². The zero-order chi connectivity index (χ0) is 17.6. The minimum Gasteiger partial charge on any atom is -0.354 e. The average molecular weight is 350 g/mol. The minimum absolute atomic E-state index is 0.330. The first kappa shape index (κ1) is 18.0. The zero-order valence-electron chi connectivity index (χ0n) is 13.8. The lowest BCUT2D eigenvalue weighted by atomic mass is 10.2. The summed E-state index contributed by atoms with van der Waals surface area (Å²) < 4.78 is 25.3. The number of anilines is 1. The van der Waals surface area contributed by atoms with Gasteiger partial charge < -0.3 is 10.3 Å². The number of imidazole rings is 1. The van der Waals surface area contributed by atoms with Crippen LogP contribution in [0.1, 0.15) is 19.2 Å². The number of rotatable bonds is 8. The third kappa shape index (κ3) is 4.82. The van der Waals surface area contributed by atoms with E-state index in [1.165, 1.54) is 0 Å². The molecular weight excluding hydrogens is 328 g/mol. The second-order valence-corrected chi connectivity index (χ2v) is 7.36. The van der Waals surface area contributed by atoms with E-state index in [-0.39, 0.29) is 5.91 Å². The van der Waals surface area contributed by atoms with Gasteiger partial charge in [0, 0.05) is 25.4 Å². The fraction of sp³-hybridized carbons (Fsp3) is 0.375. The van der Waals surface area contributed by atoms with Gasteiger partial charge in [-0.1, -0.05) is 18.2 Å². The van der Waals surface area contributed by atoms with Crippen molar-refractivity contribution in [2.45, 2.75) is 25.8 Å². The number of aryl methyl sites for hydroxylation is 1. The number of nitrogens with zero attached hydrogens (tertiary/aromatic N) is 2. The molecule has 2 aromatic rings. The van der Waals surface area contributed by atoms with Gasteiger partial charge in [-0.15, -0.1) is 0 Å². The van der Waals surface area contributed by atoms with Crippen LogP contribution in [0.3, 0.4) is 0 Å². The van der Waals surface area contributed by atoms with Gasteiger partial charge in [-0.05, 0) is 25.5 Å². The number of hydrogen-bond acceptors (Lipinski definition) is 4. The van der Waals surface area contributed by atoms with Gasteiger partial charge in [0.05, 0.1) is 11.9 Å². The van der Waals surface area contributed by atoms with Crippen molar-refractivity contribution in [2.75, 3.05) is 17.1 Å². The quantitative estimate of drug-likeness (QED) is 0.702. The number of aromatic amines is 1. The monoisotopic (exact) mass is 350 g/mol. The van der Waals surface area contributed by atoms with Gasteiger partial charge in [-0.25, -0.2) is 13.4 Å². The number of hydrogen-bond donors (Lipinski definition) is 2. The summed E-state index contributed by atoms with van der Waals surface area (Å²) in [6, 6.07) is 7.78. The number of benzene rings is 1. The van der Waals surface area contributed by atoms with Crippen LogP contribution < -0.4 is 9.62 Å². The molecule has 7 nitrogen and oxygen atoms in total. The Morgan fingerprint density at radius 3 is 2.62 bits per heavy atom. The molecule has 0 saturated carbocycles.